The fourth-order valence-electron chi connectivity index (χ4n) is 3.26. The van der Waals surface area contributed by atoms with Gasteiger partial charge in [0, 0.05) is 30.1 Å². The highest BCUT2D eigenvalue weighted by atomic mass is 32.1. The van der Waals surface area contributed by atoms with Crippen LogP contribution in [0.4, 0.5) is 4.79 Å². The van der Waals surface area contributed by atoms with Crippen LogP contribution in [-0.4, -0.2) is 40.5 Å². The van der Waals surface area contributed by atoms with Crippen molar-refractivity contribution in [3.8, 4) is 0 Å². The minimum Gasteiger partial charge on any atom is -0.338 e. The van der Waals surface area contributed by atoms with Crippen molar-refractivity contribution < 1.29 is 9.59 Å². The fraction of sp³-hybridized carbons (Fsp3) is 0.688. The molecule has 2 aliphatic carbocycles. The maximum atomic E-state index is 12.3. The summed E-state index contributed by atoms with van der Waals surface area (Å²) < 4.78 is 0. The van der Waals surface area contributed by atoms with E-state index >= 15 is 0 Å². The lowest BCUT2D eigenvalue weighted by Gasteiger charge is -2.19. The summed E-state index contributed by atoms with van der Waals surface area (Å²) in [6, 6.07) is 0.186. The molecule has 23 heavy (non-hydrogen) atoms. The molecular formula is C16H22N4O2S. The predicted molar refractivity (Wildman–Crippen MR) is 87.1 cm³/mol. The van der Waals surface area contributed by atoms with Crippen molar-refractivity contribution in [2.24, 2.45) is 5.92 Å². The van der Waals surface area contributed by atoms with E-state index in [2.05, 4.69) is 15.6 Å². The number of nitrogens with zero attached hydrogens (tertiary/aromatic N) is 2. The van der Waals surface area contributed by atoms with E-state index in [1.807, 2.05) is 17.2 Å². The van der Waals surface area contributed by atoms with Crippen molar-refractivity contribution in [1.82, 2.24) is 20.5 Å². The van der Waals surface area contributed by atoms with Crippen molar-refractivity contribution in [2.45, 2.75) is 57.2 Å². The minimum atomic E-state index is -0.176. The van der Waals surface area contributed by atoms with Gasteiger partial charge in [0.05, 0.1) is 12.1 Å². The van der Waals surface area contributed by atoms with Crippen LogP contribution >= 0.6 is 11.3 Å². The first kappa shape index (κ1) is 14.9. The molecule has 0 aromatic carbocycles. The van der Waals surface area contributed by atoms with E-state index in [0.29, 0.717) is 24.9 Å². The molecule has 0 radical (unpaired) electrons. The van der Waals surface area contributed by atoms with Gasteiger partial charge in [-0.15, -0.1) is 11.3 Å². The van der Waals surface area contributed by atoms with E-state index in [1.165, 1.54) is 0 Å². The maximum absolute atomic E-state index is 12.3. The first-order valence-electron chi connectivity index (χ1n) is 8.38. The zero-order valence-corrected chi connectivity index (χ0v) is 14.1. The largest absolute Gasteiger partial charge is 0.338 e. The quantitative estimate of drug-likeness (QED) is 0.864. The molecule has 124 valence electrons. The van der Waals surface area contributed by atoms with Gasteiger partial charge in [-0.1, -0.05) is 0 Å². The van der Waals surface area contributed by atoms with Crippen LogP contribution < -0.4 is 10.6 Å². The third-order valence-electron chi connectivity index (χ3n) is 4.76. The molecule has 2 saturated carbocycles. The Morgan fingerprint density at radius 1 is 1.39 bits per heavy atom. The summed E-state index contributed by atoms with van der Waals surface area (Å²) in [5.41, 5.74) is 0.999. The van der Waals surface area contributed by atoms with Gasteiger partial charge in [0.2, 0.25) is 5.91 Å². The van der Waals surface area contributed by atoms with E-state index in [0.717, 1.165) is 36.4 Å². The Bertz CT molecular complexity index is 623. The zero-order valence-electron chi connectivity index (χ0n) is 13.2. The number of aryl methyl sites for hydroxylation is 1. The second-order valence-corrected chi connectivity index (χ2v) is 7.83. The van der Waals surface area contributed by atoms with Gasteiger partial charge in [-0.2, -0.15) is 0 Å². The average molecular weight is 334 g/mol. The number of likely N-dealkylation sites (tertiary alicyclic amines) is 1. The summed E-state index contributed by atoms with van der Waals surface area (Å²) in [6.45, 7) is 2.63. The number of hydrogen-bond donors (Lipinski definition) is 2. The molecular weight excluding hydrogens is 312 g/mol. The Kier molecular flexibility index (Phi) is 3.75. The van der Waals surface area contributed by atoms with Crippen LogP contribution in [0, 0.1) is 12.8 Å². The van der Waals surface area contributed by atoms with E-state index in [1.54, 1.807) is 11.3 Å². The highest BCUT2D eigenvalue weighted by molar-refractivity contribution is 7.09. The lowest BCUT2D eigenvalue weighted by atomic mass is 10.2. The Balaban J connectivity index is 1.34. The molecule has 0 bridgehead atoms. The van der Waals surface area contributed by atoms with Gasteiger partial charge in [-0.3, -0.25) is 4.79 Å². The molecule has 4 rings (SSSR count). The van der Waals surface area contributed by atoms with Gasteiger partial charge < -0.3 is 15.5 Å². The number of amides is 3. The molecule has 3 fully saturated rings. The number of rotatable bonds is 5. The van der Waals surface area contributed by atoms with E-state index in [4.69, 9.17) is 0 Å². The topological polar surface area (TPSA) is 74.3 Å². The Morgan fingerprint density at radius 3 is 2.78 bits per heavy atom. The molecule has 2 atom stereocenters. The molecule has 6 nitrogen and oxygen atoms in total. The molecule has 0 spiro atoms. The number of nitrogens with one attached hydrogen (secondary N) is 2. The Morgan fingerprint density at radius 2 is 2.17 bits per heavy atom. The van der Waals surface area contributed by atoms with E-state index < -0.39 is 0 Å². The van der Waals surface area contributed by atoms with Crippen LogP contribution in [0.15, 0.2) is 5.38 Å². The summed E-state index contributed by atoms with van der Waals surface area (Å²) in [5.74, 6) is 0.673. The highest BCUT2D eigenvalue weighted by Gasteiger charge is 2.40. The zero-order chi connectivity index (χ0) is 16.0. The first-order valence-corrected chi connectivity index (χ1v) is 9.26. The van der Waals surface area contributed by atoms with Gasteiger partial charge in [0.15, 0.2) is 0 Å². The molecule has 3 aliphatic rings. The second kappa shape index (κ2) is 5.78. The van der Waals surface area contributed by atoms with Gasteiger partial charge in [0.25, 0.3) is 0 Å². The molecule has 1 aromatic heterocycles. The van der Waals surface area contributed by atoms with Crippen molar-refractivity contribution in [1.29, 1.82) is 0 Å². The van der Waals surface area contributed by atoms with Gasteiger partial charge in [0.1, 0.15) is 5.01 Å². The second-order valence-electron chi connectivity index (χ2n) is 6.94. The van der Waals surface area contributed by atoms with Crippen LogP contribution in [0.2, 0.25) is 0 Å². The van der Waals surface area contributed by atoms with E-state index in [9.17, 15) is 9.59 Å². The maximum Gasteiger partial charge on any atom is 0.315 e. The molecule has 7 heteroatoms. The smallest absolute Gasteiger partial charge is 0.315 e. The van der Waals surface area contributed by atoms with Gasteiger partial charge in [-0.05, 0) is 38.5 Å². The van der Waals surface area contributed by atoms with Crippen LogP contribution in [0.1, 0.15) is 48.8 Å². The Labute approximate surface area is 139 Å². The summed E-state index contributed by atoms with van der Waals surface area (Å²) in [6.07, 6.45) is 4.92. The van der Waals surface area contributed by atoms with Crippen LogP contribution in [-0.2, 0) is 4.79 Å². The van der Waals surface area contributed by atoms with Crippen LogP contribution in [0.25, 0.3) is 0 Å². The fourth-order valence-corrected chi connectivity index (χ4v) is 4.20. The number of thiazole rings is 1. The van der Waals surface area contributed by atoms with Crippen molar-refractivity contribution in [2.75, 3.05) is 6.54 Å². The minimum absolute atomic E-state index is 0.00494. The molecule has 3 amide bonds. The van der Waals surface area contributed by atoms with Crippen LogP contribution in [0.5, 0.6) is 0 Å². The first-order chi connectivity index (χ1) is 11.1. The summed E-state index contributed by atoms with van der Waals surface area (Å²) in [7, 11) is 0. The lowest BCUT2D eigenvalue weighted by molar-refractivity contribution is -0.128. The highest BCUT2D eigenvalue weighted by Crippen LogP contribution is 2.41. The van der Waals surface area contributed by atoms with Crippen molar-refractivity contribution >= 4 is 23.3 Å². The molecule has 1 aliphatic heterocycles. The third kappa shape index (κ3) is 3.34. The van der Waals surface area contributed by atoms with Gasteiger partial charge >= 0.3 is 6.03 Å². The van der Waals surface area contributed by atoms with E-state index in [-0.39, 0.29) is 24.0 Å². The molecule has 2 N–H and O–H groups in total. The van der Waals surface area contributed by atoms with Crippen LogP contribution in [0.3, 0.4) is 0 Å². The molecule has 0 unspecified atom stereocenters. The molecule has 2 heterocycles. The molecule has 1 aromatic rings. The van der Waals surface area contributed by atoms with Crippen molar-refractivity contribution in [3.05, 3.63) is 16.1 Å². The van der Waals surface area contributed by atoms with Gasteiger partial charge in [-0.25, -0.2) is 9.78 Å². The number of urea groups is 1. The number of hydrogen-bond acceptors (Lipinski definition) is 4. The standard InChI is InChI=1S/C16H22N4O2S/c1-9-8-23-15(17-9)14(10-2-3-10)19-16(22)18-11-6-13(21)20(7-11)12-4-5-12/h8,10-12,14H,2-7H2,1H3,(H2,18,19,22)/t11-,14-/m0/s1. The average Bonchev–Trinajstić information content (AvgIpc) is 3.41. The van der Waals surface area contributed by atoms with Crippen molar-refractivity contribution in [3.63, 3.8) is 0 Å². The summed E-state index contributed by atoms with van der Waals surface area (Å²) in [5, 5.41) is 9.06. The number of carbonyl (C=O) groups excluding carboxylic acids is 2. The molecule has 1 saturated heterocycles. The SMILES string of the molecule is Cc1csc([C@@H](NC(=O)N[C@H]2CC(=O)N(C3CC3)C2)C2CC2)n1. The number of aromatic nitrogens is 1. The third-order valence-corrected chi connectivity index (χ3v) is 5.81. The predicted octanol–water partition coefficient (Wildman–Crippen LogP) is 1.97. The Hall–Kier alpha value is -1.63. The normalized spacial score (nSPS) is 25.5. The summed E-state index contributed by atoms with van der Waals surface area (Å²) in [4.78, 5) is 30.8. The number of carbonyl (C=O) groups is 2. The lowest BCUT2D eigenvalue weighted by Crippen LogP contribution is -2.45. The summed E-state index contributed by atoms with van der Waals surface area (Å²) >= 11 is 1.61. The monoisotopic (exact) mass is 334 g/mol.